The SMILES string of the molecule is COC(C(C)C)C(NN)C1CCOC2(CCOCC2)C1. The molecule has 2 rings (SSSR count). The van der Waals surface area contributed by atoms with Crippen molar-refractivity contribution < 1.29 is 14.2 Å². The van der Waals surface area contributed by atoms with E-state index in [1.807, 2.05) is 0 Å². The van der Waals surface area contributed by atoms with E-state index in [0.717, 1.165) is 45.5 Å². The second-order valence-electron chi connectivity index (χ2n) is 6.53. The molecule has 2 heterocycles. The highest BCUT2D eigenvalue weighted by Crippen LogP contribution is 2.39. The maximum absolute atomic E-state index is 6.12. The number of hydrogen-bond acceptors (Lipinski definition) is 5. The van der Waals surface area contributed by atoms with E-state index < -0.39 is 0 Å². The van der Waals surface area contributed by atoms with Crippen LogP contribution in [0.2, 0.25) is 0 Å². The third-order valence-electron chi connectivity index (χ3n) is 4.92. The summed E-state index contributed by atoms with van der Waals surface area (Å²) in [5.74, 6) is 6.78. The van der Waals surface area contributed by atoms with E-state index in [4.69, 9.17) is 20.1 Å². The maximum Gasteiger partial charge on any atom is 0.0763 e. The predicted molar refractivity (Wildman–Crippen MR) is 78.2 cm³/mol. The summed E-state index contributed by atoms with van der Waals surface area (Å²) in [5, 5.41) is 0. The standard InChI is InChI=1S/C15H30N2O3/c1-11(2)14(18-3)13(17-16)12-4-7-20-15(10-12)5-8-19-9-6-15/h11-14,17H,4-10,16H2,1-3H3. The first-order valence-corrected chi connectivity index (χ1v) is 7.82. The van der Waals surface area contributed by atoms with Crippen LogP contribution in [0.4, 0.5) is 0 Å². The van der Waals surface area contributed by atoms with E-state index in [9.17, 15) is 0 Å². The molecule has 1 spiro atoms. The van der Waals surface area contributed by atoms with Crippen LogP contribution < -0.4 is 11.3 Å². The molecule has 0 radical (unpaired) electrons. The fourth-order valence-corrected chi connectivity index (χ4v) is 3.80. The van der Waals surface area contributed by atoms with Crippen LogP contribution in [-0.2, 0) is 14.2 Å². The summed E-state index contributed by atoms with van der Waals surface area (Å²) >= 11 is 0. The summed E-state index contributed by atoms with van der Waals surface area (Å²) in [4.78, 5) is 0. The minimum Gasteiger partial charge on any atom is -0.381 e. The lowest BCUT2D eigenvalue weighted by molar-refractivity contribution is -0.155. The topological polar surface area (TPSA) is 65.7 Å². The van der Waals surface area contributed by atoms with Crippen molar-refractivity contribution in [2.75, 3.05) is 26.9 Å². The average Bonchev–Trinajstić information content (AvgIpc) is 2.45. The van der Waals surface area contributed by atoms with Gasteiger partial charge in [-0.25, -0.2) is 0 Å². The molecule has 0 aromatic carbocycles. The molecule has 0 aromatic heterocycles. The van der Waals surface area contributed by atoms with Crippen LogP contribution in [0.15, 0.2) is 0 Å². The number of hydrazine groups is 1. The van der Waals surface area contributed by atoms with Crippen LogP contribution in [0.5, 0.6) is 0 Å². The molecule has 5 nitrogen and oxygen atoms in total. The molecule has 2 aliphatic heterocycles. The van der Waals surface area contributed by atoms with Crippen molar-refractivity contribution in [1.29, 1.82) is 0 Å². The largest absolute Gasteiger partial charge is 0.381 e. The van der Waals surface area contributed by atoms with E-state index >= 15 is 0 Å². The highest BCUT2D eigenvalue weighted by molar-refractivity contribution is 4.95. The number of hydrogen-bond donors (Lipinski definition) is 2. The molecule has 0 aromatic rings. The average molecular weight is 286 g/mol. The summed E-state index contributed by atoms with van der Waals surface area (Å²) in [6, 6.07) is 0.184. The number of nitrogens with two attached hydrogens (primary N) is 1. The molecule has 2 saturated heterocycles. The zero-order valence-electron chi connectivity index (χ0n) is 13.1. The van der Waals surface area contributed by atoms with Crippen molar-refractivity contribution in [3.8, 4) is 0 Å². The van der Waals surface area contributed by atoms with Crippen LogP contribution in [0.25, 0.3) is 0 Å². The van der Waals surface area contributed by atoms with Gasteiger partial charge in [-0.3, -0.25) is 11.3 Å². The molecule has 3 atom stereocenters. The lowest BCUT2D eigenvalue weighted by Crippen LogP contribution is -2.56. The normalized spacial score (nSPS) is 29.6. The molecule has 2 aliphatic rings. The molecule has 3 unspecified atom stereocenters. The zero-order chi connectivity index (χ0) is 14.6. The molecule has 5 heteroatoms. The van der Waals surface area contributed by atoms with Gasteiger partial charge < -0.3 is 14.2 Å². The van der Waals surface area contributed by atoms with Gasteiger partial charge in [-0.15, -0.1) is 0 Å². The Morgan fingerprint density at radius 2 is 1.95 bits per heavy atom. The number of methoxy groups -OCH3 is 1. The Labute approximate surface area is 122 Å². The number of ether oxygens (including phenoxy) is 3. The maximum atomic E-state index is 6.12. The molecule has 2 fully saturated rings. The summed E-state index contributed by atoms with van der Waals surface area (Å²) < 4.78 is 17.3. The van der Waals surface area contributed by atoms with Gasteiger partial charge in [0.1, 0.15) is 0 Å². The lowest BCUT2D eigenvalue weighted by Gasteiger charge is -2.46. The first kappa shape index (κ1) is 16.2. The molecule has 20 heavy (non-hydrogen) atoms. The van der Waals surface area contributed by atoms with Crippen LogP contribution >= 0.6 is 0 Å². The Bertz CT molecular complexity index is 287. The molecule has 0 saturated carbocycles. The van der Waals surface area contributed by atoms with E-state index in [1.165, 1.54) is 0 Å². The van der Waals surface area contributed by atoms with Gasteiger partial charge in [-0.1, -0.05) is 13.8 Å². The van der Waals surface area contributed by atoms with E-state index in [1.54, 1.807) is 7.11 Å². The minimum atomic E-state index is 0.00549. The van der Waals surface area contributed by atoms with Crippen LogP contribution in [-0.4, -0.2) is 44.7 Å². The Morgan fingerprint density at radius 3 is 2.50 bits per heavy atom. The van der Waals surface area contributed by atoms with Crippen LogP contribution in [0, 0.1) is 11.8 Å². The Balaban J connectivity index is 2.05. The summed E-state index contributed by atoms with van der Waals surface area (Å²) in [5.41, 5.74) is 3.02. The smallest absolute Gasteiger partial charge is 0.0763 e. The monoisotopic (exact) mass is 286 g/mol. The third kappa shape index (κ3) is 3.52. The zero-order valence-corrected chi connectivity index (χ0v) is 13.1. The fourth-order valence-electron chi connectivity index (χ4n) is 3.80. The number of rotatable bonds is 5. The van der Waals surface area contributed by atoms with Gasteiger partial charge in [0, 0.05) is 26.9 Å². The molecular formula is C15H30N2O3. The minimum absolute atomic E-state index is 0.00549. The van der Waals surface area contributed by atoms with Crippen molar-refractivity contribution in [1.82, 2.24) is 5.43 Å². The highest BCUT2D eigenvalue weighted by Gasteiger charge is 2.43. The summed E-state index contributed by atoms with van der Waals surface area (Å²) in [6.07, 6.45) is 4.24. The van der Waals surface area contributed by atoms with Gasteiger partial charge in [-0.05, 0) is 37.5 Å². The molecule has 0 bridgehead atoms. The lowest BCUT2D eigenvalue weighted by atomic mass is 9.75. The quantitative estimate of drug-likeness (QED) is 0.592. The van der Waals surface area contributed by atoms with Crippen LogP contribution in [0.3, 0.4) is 0 Å². The van der Waals surface area contributed by atoms with Gasteiger partial charge in [0.25, 0.3) is 0 Å². The first-order chi connectivity index (χ1) is 9.62. The Morgan fingerprint density at radius 1 is 1.25 bits per heavy atom. The third-order valence-corrected chi connectivity index (χ3v) is 4.92. The Hall–Kier alpha value is -0.200. The van der Waals surface area contributed by atoms with Gasteiger partial charge in [-0.2, -0.15) is 0 Å². The summed E-state index contributed by atoms with van der Waals surface area (Å²) in [7, 11) is 1.78. The van der Waals surface area contributed by atoms with E-state index in [-0.39, 0.29) is 17.7 Å². The van der Waals surface area contributed by atoms with Crippen molar-refractivity contribution in [2.24, 2.45) is 17.7 Å². The molecule has 0 amide bonds. The highest BCUT2D eigenvalue weighted by atomic mass is 16.5. The van der Waals surface area contributed by atoms with Crippen molar-refractivity contribution in [3.05, 3.63) is 0 Å². The second kappa shape index (κ2) is 7.18. The Kier molecular flexibility index (Phi) is 5.81. The van der Waals surface area contributed by atoms with E-state index in [0.29, 0.717) is 11.8 Å². The fraction of sp³-hybridized carbons (Fsp3) is 1.00. The molecular weight excluding hydrogens is 256 g/mol. The first-order valence-electron chi connectivity index (χ1n) is 7.82. The van der Waals surface area contributed by atoms with Crippen molar-refractivity contribution >= 4 is 0 Å². The molecule has 3 N–H and O–H groups in total. The summed E-state index contributed by atoms with van der Waals surface area (Å²) in [6.45, 7) is 6.80. The van der Waals surface area contributed by atoms with Gasteiger partial charge in [0.05, 0.1) is 17.7 Å². The van der Waals surface area contributed by atoms with E-state index in [2.05, 4.69) is 19.3 Å². The molecule has 118 valence electrons. The second-order valence-corrected chi connectivity index (χ2v) is 6.53. The van der Waals surface area contributed by atoms with Gasteiger partial charge >= 0.3 is 0 Å². The van der Waals surface area contributed by atoms with Gasteiger partial charge in [0.2, 0.25) is 0 Å². The predicted octanol–water partition coefficient (Wildman–Crippen LogP) is 1.47. The van der Waals surface area contributed by atoms with Crippen molar-refractivity contribution in [3.63, 3.8) is 0 Å². The van der Waals surface area contributed by atoms with Crippen LogP contribution in [0.1, 0.15) is 39.5 Å². The molecule has 0 aliphatic carbocycles. The van der Waals surface area contributed by atoms with Gasteiger partial charge in [0.15, 0.2) is 0 Å². The number of nitrogens with one attached hydrogen (secondary N) is 1. The van der Waals surface area contributed by atoms with Crippen molar-refractivity contribution in [2.45, 2.75) is 57.3 Å².